The number of rotatable bonds is 2. The minimum absolute atomic E-state index is 0.0857. The maximum atomic E-state index is 10.6. The molecule has 0 atom stereocenters. The summed E-state index contributed by atoms with van der Waals surface area (Å²) in [6, 6.07) is 1.57. The number of aliphatic hydroxyl groups excluding tert-OH is 1. The van der Waals surface area contributed by atoms with E-state index in [-0.39, 0.29) is 11.5 Å². The van der Waals surface area contributed by atoms with E-state index in [2.05, 4.69) is 10.2 Å². The molecule has 4 heteroatoms. The summed E-state index contributed by atoms with van der Waals surface area (Å²) < 4.78 is 0. The number of carbonyl (C=O) groups excluding carboxylic acids is 1. The van der Waals surface area contributed by atoms with Crippen LogP contribution in [-0.4, -0.2) is 21.1 Å². The van der Waals surface area contributed by atoms with Crippen LogP contribution in [0, 0.1) is 0 Å². The molecule has 1 heterocycles. The number of nitrogens with zero attached hydrogens (tertiary/aromatic N) is 2. The van der Waals surface area contributed by atoms with Gasteiger partial charge in [-0.15, -0.1) is 0 Å². The van der Waals surface area contributed by atoms with E-state index in [1.807, 2.05) is 0 Å². The van der Waals surface area contributed by atoms with E-state index in [0.29, 0.717) is 5.56 Å². The third-order valence-electron chi connectivity index (χ3n) is 1.22. The van der Waals surface area contributed by atoms with Crippen molar-refractivity contribution >= 4 is 11.5 Å². The van der Waals surface area contributed by atoms with Gasteiger partial charge in [0.25, 0.3) is 0 Å². The Balaban J connectivity index is 2.93. The third kappa shape index (κ3) is 2.16. The van der Waals surface area contributed by atoms with Gasteiger partial charge in [-0.1, -0.05) is 0 Å². The van der Waals surface area contributed by atoms with Crippen molar-refractivity contribution in [2.75, 3.05) is 0 Å². The van der Waals surface area contributed by atoms with Crippen LogP contribution >= 0.6 is 0 Å². The van der Waals surface area contributed by atoms with E-state index in [1.54, 1.807) is 6.07 Å². The van der Waals surface area contributed by atoms with E-state index in [1.165, 1.54) is 19.3 Å². The van der Waals surface area contributed by atoms with Crippen molar-refractivity contribution in [3.8, 4) is 0 Å². The molecule has 1 N–H and O–H groups in total. The Bertz CT molecular complexity index is 306. The van der Waals surface area contributed by atoms with Gasteiger partial charge in [-0.3, -0.25) is 4.79 Å². The van der Waals surface area contributed by atoms with Crippen LogP contribution < -0.4 is 0 Å². The molecule has 0 aliphatic carbocycles. The fourth-order valence-corrected chi connectivity index (χ4v) is 0.718. The average molecular weight is 164 g/mol. The number of aromatic nitrogens is 2. The topological polar surface area (TPSA) is 63.1 Å². The Kier molecular flexibility index (Phi) is 2.53. The van der Waals surface area contributed by atoms with Crippen LogP contribution in [0.2, 0.25) is 0 Å². The number of hydrogen-bond acceptors (Lipinski definition) is 4. The first kappa shape index (κ1) is 8.39. The Morgan fingerprint density at radius 3 is 2.83 bits per heavy atom. The Morgan fingerprint density at radius 1 is 1.58 bits per heavy atom. The molecule has 62 valence electrons. The highest BCUT2D eigenvalue weighted by atomic mass is 16.3. The molecule has 0 spiro atoms. The largest absolute Gasteiger partial charge is 0.507 e. The Hall–Kier alpha value is -1.71. The predicted molar refractivity (Wildman–Crippen MR) is 43.3 cm³/mol. The van der Waals surface area contributed by atoms with Crippen molar-refractivity contribution in [3.05, 3.63) is 30.1 Å². The van der Waals surface area contributed by atoms with Crippen molar-refractivity contribution in [1.29, 1.82) is 0 Å². The van der Waals surface area contributed by atoms with E-state index in [0.717, 1.165) is 6.08 Å². The second-order valence-corrected chi connectivity index (χ2v) is 2.27. The fourth-order valence-electron chi connectivity index (χ4n) is 0.718. The first-order valence-electron chi connectivity index (χ1n) is 3.38. The zero-order chi connectivity index (χ0) is 8.97. The minimum Gasteiger partial charge on any atom is -0.507 e. The summed E-state index contributed by atoms with van der Waals surface area (Å²) in [5, 5.41) is 16.3. The van der Waals surface area contributed by atoms with E-state index >= 15 is 0 Å². The van der Waals surface area contributed by atoms with Crippen LogP contribution in [0.5, 0.6) is 0 Å². The molecule has 0 radical (unpaired) electrons. The molecule has 0 bridgehead atoms. The number of ketones is 1. The lowest BCUT2D eigenvalue weighted by Crippen LogP contribution is -1.90. The maximum absolute atomic E-state index is 10.6. The van der Waals surface area contributed by atoms with Gasteiger partial charge in [-0.25, -0.2) is 0 Å². The lowest BCUT2D eigenvalue weighted by molar-refractivity contribution is -0.112. The summed E-state index contributed by atoms with van der Waals surface area (Å²) in [4.78, 5) is 10.6. The molecule has 0 fully saturated rings. The van der Waals surface area contributed by atoms with Gasteiger partial charge in [0.05, 0.1) is 12.4 Å². The summed E-state index contributed by atoms with van der Waals surface area (Å²) >= 11 is 0. The van der Waals surface area contributed by atoms with E-state index < -0.39 is 0 Å². The summed E-state index contributed by atoms with van der Waals surface area (Å²) in [5.41, 5.74) is 0.486. The second kappa shape index (κ2) is 3.61. The highest BCUT2D eigenvalue weighted by molar-refractivity contribution is 5.93. The van der Waals surface area contributed by atoms with Gasteiger partial charge in [-0.05, 0) is 13.0 Å². The Labute approximate surface area is 69.6 Å². The summed E-state index contributed by atoms with van der Waals surface area (Å²) in [5.74, 6) is -0.290. The van der Waals surface area contributed by atoms with Crippen LogP contribution in [0.1, 0.15) is 12.5 Å². The highest BCUT2D eigenvalue weighted by Crippen LogP contribution is 2.07. The van der Waals surface area contributed by atoms with Crippen LogP contribution in [-0.2, 0) is 4.79 Å². The SMILES string of the molecule is CC(=O)/C=C(/O)c1ccnnc1. The van der Waals surface area contributed by atoms with Crippen LogP contribution in [0.15, 0.2) is 24.5 Å². The smallest absolute Gasteiger partial charge is 0.156 e. The molecule has 0 unspecified atom stereocenters. The van der Waals surface area contributed by atoms with Gasteiger partial charge in [-0.2, -0.15) is 10.2 Å². The molecular weight excluding hydrogens is 156 g/mol. The monoisotopic (exact) mass is 164 g/mol. The van der Waals surface area contributed by atoms with Gasteiger partial charge in [0.15, 0.2) is 5.78 Å². The molecule has 0 amide bonds. The highest BCUT2D eigenvalue weighted by Gasteiger charge is 1.98. The summed E-state index contributed by atoms with van der Waals surface area (Å²) in [6.07, 6.45) is 3.96. The van der Waals surface area contributed by atoms with Crippen molar-refractivity contribution < 1.29 is 9.90 Å². The molecule has 4 nitrogen and oxygen atoms in total. The molecule has 0 saturated carbocycles. The summed E-state index contributed by atoms with van der Waals surface area (Å²) in [6.45, 7) is 1.37. The molecule has 1 aromatic heterocycles. The van der Waals surface area contributed by atoms with Crippen LogP contribution in [0.4, 0.5) is 0 Å². The van der Waals surface area contributed by atoms with Crippen molar-refractivity contribution in [2.45, 2.75) is 6.92 Å². The molecule has 0 aliphatic rings. The molecule has 1 aromatic rings. The first-order valence-corrected chi connectivity index (χ1v) is 3.38. The van der Waals surface area contributed by atoms with Crippen LogP contribution in [0.25, 0.3) is 5.76 Å². The fraction of sp³-hybridized carbons (Fsp3) is 0.125. The zero-order valence-electron chi connectivity index (χ0n) is 6.56. The molecule has 0 aliphatic heterocycles. The predicted octanol–water partition coefficient (Wildman–Crippen LogP) is 0.964. The van der Waals surface area contributed by atoms with Crippen molar-refractivity contribution in [3.63, 3.8) is 0 Å². The average Bonchev–Trinajstić information content (AvgIpc) is 2.05. The van der Waals surface area contributed by atoms with Crippen molar-refractivity contribution in [2.24, 2.45) is 0 Å². The van der Waals surface area contributed by atoms with Gasteiger partial charge >= 0.3 is 0 Å². The quantitative estimate of drug-likeness (QED) is 0.522. The van der Waals surface area contributed by atoms with Crippen molar-refractivity contribution in [1.82, 2.24) is 10.2 Å². The van der Waals surface area contributed by atoms with Crippen LogP contribution in [0.3, 0.4) is 0 Å². The Morgan fingerprint density at radius 2 is 2.33 bits per heavy atom. The van der Waals surface area contributed by atoms with Gasteiger partial charge in [0.2, 0.25) is 0 Å². The number of allylic oxidation sites excluding steroid dienone is 1. The molecule has 12 heavy (non-hydrogen) atoms. The van der Waals surface area contributed by atoms with E-state index in [4.69, 9.17) is 0 Å². The standard InChI is InChI=1S/C8H8N2O2/c1-6(11)4-8(12)7-2-3-9-10-5-7/h2-5,12H,1H3/b8-4+. The molecular formula is C8H8N2O2. The minimum atomic E-state index is -0.204. The maximum Gasteiger partial charge on any atom is 0.156 e. The van der Waals surface area contributed by atoms with Gasteiger partial charge < -0.3 is 5.11 Å². The molecule has 0 saturated heterocycles. The zero-order valence-corrected chi connectivity index (χ0v) is 6.56. The van der Waals surface area contributed by atoms with E-state index in [9.17, 15) is 9.90 Å². The normalized spacial score (nSPS) is 11.2. The summed E-state index contributed by atoms with van der Waals surface area (Å²) in [7, 11) is 0. The third-order valence-corrected chi connectivity index (χ3v) is 1.22. The lowest BCUT2D eigenvalue weighted by atomic mass is 10.2. The molecule has 0 aromatic carbocycles. The number of aliphatic hydroxyl groups is 1. The second-order valence-electron chi connectivity index (χ2n) is 2.27. The lowest BCUT2D eigenvalue weighted by Gasteiger charge is -1.95. The number of carbonyl (C=O) groups is 1. The van der Waals surface area contributed by atoms with Gasteiger partial charge in [0.1, 0.15) is 5.76 Å². The number of hydrogen-bond donors (Lipinski definition) is 1. The van der Waals surface area contributed by atoms with Gasteiger partial charge in [0, 0.05) is 11.6 Å². The first-order chi connectivity index (χ1) is 5.70. The molecule has 1 rings (SSSR count).